The number of amides is 2. The molecule has 3 aromatic carbocycles. The molecule has 0 saturated carbocycles. The van der Waals surface area contributed by atoms with E-state index in [2.05, 4.69) is 21.2 Å². The van der Waals surface area contributed by atoms with Crippen molar-refractivity contribution in [1.82, 2.24) is 10.2 Å². The summed E-state index contributed by atoms with van der Waals surface area (Å²) in [4.78, 5) is 29.1. The van der Waals surface area contributed by atoms with E-state index in [1.807, 2.05) is 65.0 Å². The lowest BCUT2D eigenvalue weighted by Gasteiger charge is -2.34. The van der Waals surface area contributed by atoms with Gasteiger partial charge in [0.2, 0.25) is 11.8 Å². The van der Waals surface area contributed by atoms with Crippen molar-refractivity contribution in [3.05, 3.63) is 88.9 Å². The first-order valence-electron chi connectivity index (χ1n) is 14.0. The molecular formula is C32H40BrN3O5S. The van der Waals surface area contributed by atoms with E-state index in [1.54, 1.807) is 36.4 Å². The lowest BCUT2D eigenvalue weighted by atomic mass is 10.1. The van der Waals surface area contributed by atoms with E-state index in [4.69, 9.17) is 4.74 Å². The number of nitrogens with one attached hydrogen (secondary N) is 1. The highest BCUT2D eigenvalue weighted by Crippen LogP contribution is 2.27. The molecule has 0 aliphatic rings. The molecule has 1 atom stereocenters. The Morgan fingerprint density at radius 1 is 0.929 bits per heavy atom. The van der Waals surface area contributed by atoms with Crippen molar-refractivity contribution in [2.75, 3.05) is 24.0 Å². The van der Waals surface area contributed by atoms with Gasteiger partial charge in [-0.05, 0) is 94.6 Å². The third-order valence-corrected chi connectivity index (χ3v) is 8.80. The average Bonchev–Trinajstić information content (AvgIpc) is 2.94. The fraction of sp³-hybridized carbons (Fsp3) is 0.375. The minimum Gasteiger partial charge on any atom is -0.494 e. The molecule has 0 spiro atoms. The maximum Gasteiger partial charge on any atom is 0.264 e. The summed E-state index contributed by atoms with van der Waals surface area (Å²) in [7, 11) is -4.15. The lowest BCUT2D eigenvalue weighted by molar-refractivity contribution is -0.140. The van der Waals surface area contributed by atoms with Crippen LogP contribution in [0.3, 0.4) is 0 Å². The Hall–Kier alpha value is -3.37. The van der Waals surface area contributed by atoms with Gasteiger partial charge in [0.15, 0.2) is 0 Å². The van der Waals surface area contributed by atoms with Crippen LogP contribution in [-0.2, 0) is 26.0 Å². The molecule has 8 nitrogen and oxygen atoms in total. The maximum absolute atomic E-state index is 14.1. The molecule has 0 aliphatic carbocycles. The van der Waals surface area contributed by atoms with Gasteiger partial charge in [0.1, 0.15) is 18.3 Å². The smallest absolute Gasteiger partial charge is 0.264 e. The first-order valence-corrected chi connectivity index (χ1v) is 16.3. The van der Waals surface area contributed by atoms with Crippen LogP contribution in [0.4, 0.5) is 5.69 Å². The van der Waals surface area contributed by atoms with Crippen molar-refractivity contribution in [2.45, 2.75) is 63.9 Å². The molecule has 0 bridgehead atoms. The molecule has 3 aromatic rings. The average molecular weight is 659 g/mol. The van der Waals surface area contributed by atoms with Crippen LogP contribution in [0.15, 0.2) is 88.2 Å². The molecular weight excluding hydrogens is 618 g/mol. The molecule has 0 heterocycles. The SMILES string of the molecule is CCOc1ccc(N(CC(=O)N(CCc2ccccc2)C(CC)C(=O)NC(C)(C)C)S(=O)(=O)c2ccc(Br)cc2)cc1. The van der Waals surface area contributed by atoms with Crippen LogP contribution in [0.5, 0.6) is 5.75 Å². The third-order valence-electron chi connectivity index (χ3n) is 6.48. The van der Waals surface area contributed by atoms with Gasteiger partial charge in [-0.15, -0.1) is 0 Å². The number of hydrogen-bond donors (Lipinski definition) is 1. The topological polar surface area (TPSA) is 96.0 Å². The van der Waals surface area contributed by atoms with Crippen molar-refractivity contribution in [1.29, 1.82) is 0 Å². The second kappa shape index (κ2) is 14.7. The second-order valence-electron chi connectivity index (χ2n) is 10.9. The quantitative estimate of drug-likeness (QED) is 0.250. The molecule has 2 amide bonds. The molecule has 0 radical (unpaired) electrons. The normalized spacial score (nSPS) is 12.3. The number of carbonyl (C=O) groups is 2. The van der Waals surface area contributed by atoms with Gasteiger partial charge >= 0.3 is 0 Å². The van der Waals surface area contributed by atoms with E-state index in [0.717, 1.165) is 14.3 Å². The van der Waals surface area contributed by atoms with Crippen molar-refractivity contribution in [3.63, 3.8) is 0 Å². The summed E-state index contributed by atoms with van der Waals surface area (Å²) < 4.78 is 35.3. The standard InChI is InChI=1S/C32H40BrN3O5S/c1-6-29(31(38)34-32(3,4)5)35(22-21-24-11-9-8-10-12-24)30(37)23-36(26-15-17-27(18-16-26)41-7-2)42(39,40)28-19-13-25(33)14-20-28/h8-20,29H,6-7,21-23H2,1-5H3,(H,34,38). The molecule has 1 N–H and O–H groups in total. The van der Waals surface area contributed by atoms with E-state index in [-0.39, 0.29) is 17.3 Å². The van der Waals surface area contributed by atoms with Crippen LogP contribution in [0, 0.1) is 0 Å². The molecule has 0 aliphatic heterocycles. The molecule has 0 aromatic heterocycles. The van der Waals surface area contributed by atoms with Crippen LogP contribution < -0.4 is 14.4 Å². The van der Waals surface area contributed by atoms with E-state index in [1.165, 1.54) is 17.0 Å². The Kier molecular flexibility index (Phi) is 11.6. The van der Waals surface area contributed by atoms with Crippen molar-refractivity contribution in [3.8, 4) is 5.75 Å². The number of sulfonamides is 1. The number of hydrogen-bond acceptors (Lipinski definition) is 5. The van der Waals surface area contributed by atoms with E-state index in [9.17, 15) is 18.0 Å². The molecule has 226 valence electrons. The fourth-order valence-electron chi connectivity index (χ4n) is 4.49. The van der Waals surface area contributed by atoms with Gasteiger partial charge < -0.3 is 15.0 Å². The van der Waals surface area contributed by atoms with E-state index < -0.39 is 34.1 Å². The monoisotopic (exact) mass is 657 g/mol. The summed E-state index contributed by atoms with van der Waals surface area (Å²) in [5, 5.41) is 2.99. The highest BCUT2D eigenvalue weighted by Gasteiger charge is 2.34. The van der Waals surface area contributed by atoms with Crippen molar-refractivity contribution < 1.29 is 22.7 Å². The van der Waals surface area contributed by atoms with Gasteiger partial charge in [-0.3, -0.25) is 13.9 Å². The first-order chi connectivity index (χ1) is 19.9. The summed E-state index contributed by atoms with van der Waals surface area (Å²) in [6.07, 6.45) is 0.874. The summed E-state index contributed by atoms with van der Waals surface area (Å²) in [5.74, 6) is -0.172. The number of benzene rings is 3. The van der Waals surface area contributed by atoms with Gasteiger partial charge in [-0.25, -0.2) is 8.42 Å². The number of carbonyl (C=O) groups excluding carboxylic acids is 2. The molecule has 0 fully saturated rings. The maximum atomic E-state index is 14.1. The Bertz CT molecular complexity index is 1420. The van der Waals surface area contributed by atoms with Crippen LogP contribution in [0.25, 0.3) is 0 Å². The first kappa shape index (κ1) is 33.1. The minimum absolute atomic E-state index is 0.0423. The molecule has 42 heavy (non-hydrogen) atoms. The number of nitrogens with zero attached hydrogens (tertiary/aromatic N) is 2. The molecule has 3 rings (SSSR count). The molecule has 0 saturated heterocycles. The van der Waals surface area contributed by atoms with Crippen LogP contribution in [0.1, 0.15) is 46.6 Å². The van der Waals surface area contributed by atoms with Crippen LogP contribution >= 0.6 is 15.9 Å². The van der Waals surface area contributed by atoms with Gasteiger partial charge in [-0.1, -0.05) is 53.2 Å². The zero-order chi connectivity index (χ0) is 30.9. The van der Waals surface area contributed by atoms with Gasteiger partial charge in [0.25, 0.3) is 10.0 Å². The second-order valence-corrected chi connectivity index (χ2v) is 13.7. The van der Waals surface area contributed by atoms with Crippen molar-refractivity contribution >= 4 is 43.5 Å². The summed E-state index contributed by atoms with van der Waals surface area (Å²) >= 11 is 3.35. The van der Waals surface area contributed by atoms with Crippen molar-refractivity contribution in [2.24, 2.45) is 0 Å². The Labute approximate surface area is 258 Å². The largest absolute Gasteiger partial charge is 0.494 e. The highest BCUT2D eigenvalue weighted by atomic mass is 79.9. The summed E-state index contributed by atoms with van der Waals surface area (Å²) in [5.41, 5.74) is 0.815. The van der Waals surface area contributed by atoms with Gasteiger partial charge in [0.05, 0.1) is 17.2 Å². The summed E-state index contributed by atoms with van der Waals surface area (Å²) in [6, 6.07) is 21.7. The van der Waals surface area contributed by atoms with Crippen LogP contribution in [-0.4, -0.2) is 56.4 Å². The van der Waals surface area contributed by atoms with Crippen LogP contribution in [0.2, 0.25) is 0 Å². The van der Waals surface area contributed by atoms with E-state index in [0.29, 0.717) is 30.9 Å². The van der Waals surface area contributed by atoms with Gasteiger partial charge in [-0.2, -0.15) is 0 Å². The number of anilines is 1. The Balaban J connectivity index is 2.02. The summed E-state index contributed by atoms with van der Waals surface area (Å²) in [6.45, 7) is 9.57. The zero-order valence-corrected chi connectivity index (χ0v) is 27.2. The zero-order valence-electron chi connectivity index (χ0n) is 24.8. The predicted octanol–water partition coefficient (Wildman–Crippen LogP) is 5.81. The molecule has 1 unspecified atom stereocenters. The highest BCUT2D eigenvalue weighted by molar-refractivity contribution is 9.10. The van der Waals surface area contributed by atoms with E-state index >= 15 is 0 Å². The predicted molar refractivity (Wildman–Crippen MR) is 170 cm³/mol. The fourth-order valence-corrected chi connectivity index (χ4v) is 6.17. The third kappa shape index (κ3) is 9.06. The Morgan fingerprint density at radius 3 is 2.10 bits per heavy atom. The number of halogens is 1. The van der Waals surface area contributed by atoms with Gasteiger partial charge in [0, 0.05) is 16.6 Å². The number of rotatable bonds is 13. The number of ether oxygens (including phenoxy) is 1. The molecule has 10 heteroatoms. The minimum atomic E-state index is -4.15. The lowest BCUT2D eigenvalue weighted by Crippen LogP contribution is -2.56. The Morgan fingerprint density at radius 2 is 1.55 bits per heavy atom.